The first-order chi connectivity index (χ1) is 4.09. The Kier molecular flexibility index (Phi) is 1.86. The molecule has 0 aliphatic heterocycles. The van der Waals surface area contributed by atoms with Gasteiger partial charge in [-0.15, -0.1) is 0 Å². The molecule has 0 fully saturated rings. The smallest absolute Gasteiger partial charge is 0.320 e. The second-order valence-corrected chi connectivity index (χ2v) is 1.84. The second kappa shape index (κ2) is 2.67. The highest BCUT2D eigenvalue weighted by molar-refractivity contribution is 5.73. The Morgan fingerprint density at radius 3 is 2.62 bits per heavy atom. The zero-order chi connectivity index (χ0) is 7.44. The van der Waals surface area contributed by atoms with E-state index in [2.05, 4.69) is 0 Å². The number of carboxylic acid groups (broad SMARTS) is 1. The van der Waals surface area contributed by atoms with Gasteiger partial charge < -0.3 is 10.8 Å². The maximum Gasteiger partial charge on any atom is 0.320 e. The molecule has 0 bridgehead atoms. The van der Waals surface area contributed by atoms with Crippen molar-refractivity contribution >= 4 is 5.97 Å². The zero-order valence-corrected chi connectivity index (χ0v) is 4.79. The van der Waals surface area contributed by atoms with Crippen molar-refractivity contribution in [1.82, 2.24) is 0 Å². The molecule has 0 rings (SSSR count). The van der Waals surface area contributed by atoms with Crippen molar-refractivity contribution in [3.63, 3.8) is 0 Å². The monoisotopic (exact) mass is 118 g/mol. The molecule has 3 nitrogen and oxygen atoms in total. The van der Waals surface area contributed by atoms with E-state index in [1.165, 1.54) is 0 Å². The summed E-state index contributed by atoms with van der Waals surface area (Å²) < 4.78 is 6.79. The molecule has 3 N–H and O–H groups in total. The third-order valence-electron chi connectivity index (χ3n) is 0.898. The second-order valence-electron chi connectivity index (χ2n) is 1.84. The molecule has 2 atom stereocenters. The van der Waals surface area contributed by atoms with Crippen molar-refractivity contribution in [2.45, 2.75) is 19.9 Å². The Morgan fingerprint density at radius 1 is 2.00 bits per heavy atom. The van der Waals surface area contributed by atoms with Crippen LogP contribution in [0.5, 0.6) is 0 Å². The minimum atomic E-state index is -1.03. The molecule has 0 aliphatic rings. The van der Waals surface area contributed by atoms with E-state index in [0.717, 1.165) is 0 Å². The fraction of sp³-hybridized carbons (Fsp3) is 0.800. The molecule has 0 heterocycles. The Labute approximate surface area is 49.9 Å². The number of aliphatic carboxylic acids is 1. The van der Waals surface area contributed by atoms with Gasteiger partial charge in [-0.25, -0.2) is 0 Å². The lowest BCUT2D eigenvalue weighted by Gasteiger charge is -2.07. The highest BCUT2D eigenvalue weighted by Gasteiger charge is 2.14. The van der Waals surface area contributed by atoms with Gasteiger partial charge in [-0.2, -0.15) is 0 Å². The van der Waals surface area contributed by atoms with Crippen LogP contribution in [-0.2, 0) is 4.79 Å². The van der Waals surface area contributed by atoms with Crippen LogP contribution < -0.4 is 5.73 Å². The third kappa shape index (κ3) is 1.93. The van der Waals surface area contributed by atoms with Crippen LogP contribution in [0.1, 0.15) is 15.2 Å². The van der Waals surface area contributed by atoms with Crippen LogP contribution in [0.4, 0.5) is 0 Å². The van der Waals surface area contributed by atoms with Gasteiger partial charge in [0, 0.05) is 1.37 Å². The van der Waals surface area contributed by atoms with Gasteiger partial charge in [-0.05, 0) is 5.92 Å². The summed E-state index contributed by atoms with van der Waals surface area (Å²) in [5, 5.41) is 8.28. The average molecular weight is 118 g/mol. The topological polar surface area (TPSA) is 63.3 Å². The lowest BCUT2D eigenvalue weighted by Crippen LogP contribution is -2.34. The van der Waals surface area contributed by atoms with Gasteiger partial charge in [0.2, 0.25) is 0 Å². The van der Waals surface area contributed by atoms with E-state index in [4.69, 9.17) is 12.2 Å². The van der Waals surface area contributed by atoms with Crippen LogP contribution in [0.2, 0.25) is 0 Å². The summed E-state index contributed by atoms with van der Waals surface area (Å²) in [6.07, 6.45) is 0. The molecule has 8 heavy (non-hydrogen) atoms. The highest BCUT2D eigenvalue weighted by atomic mass is 16.4. The normalized spacial score (nSPS) is 19.0. The average Bonchev–Trinajstić information content (AvgIpc) is 1.84. The molecule has 0 spiro atoms. The van der Waals surface area contributed by atoms with E-state index in [0.29, 0.717) is 0 Å². The van der Waals surface area contributed by atoms with Crippen LogP contribution >= 0.6 is 0 Å². The number of rotatable bonds is 2. The number of carboxylic acids is 1. The molecule has 48 valence electrons. The Morgan fingerprint density at radius 2 is 2.50 bits per heavy atom. The molecule has 0 aromatic rings. The standard InChI is InChI=1S/C5H11NO2/c1-3(2)4(6)5(7)8/h3-4H,6H2,1-2H3,(H,7,8)/t4-/m0/s1/i1D/t3?,4-. The third-order valence-corrected chi connectivity index (χ3v) is 0.898. The Hall–Kier alpha value is -0.570. The summed E-state index contributed by atoms with van der Waals surface area (Å²) in [6, 6.07) is -0.887. The summed E-state index contributed by atoms with van der Waals surface area (Å²) in [6.45, 7) is 1.71. The van der Waals surface area contributed by atoms with Crippen LogP contribution in [0, 0.1) is 5.92 Å². The molecule has 0 aromatic carbocycles. The Balaban J connectivity index is 3.72. The van der Waals surface area contributed by atoms with E-state index < -0.39 is 12.0 Å². The molecule has 3 heteroatoms. The summed E-state index contributed by atoms with van der Waals surface area (Å²) in [7, 11) is 0. The molecule has 0 saturated carbocycles. The molecule has 1 unspecified atom stereocenters. The molecule has 0 aromatic heterocycles. The van der Waals surface area contributed by atoms with Crippen LogP contribution in [0.25, 0.3) is 0 Å². The van der Waals surface area contributed by atoms with Crippen molar-refractivity contribution in [3.8, 4) is 0 Å². The van der Waals surface area contributed by atoms with E-state index >= 15 is 0 Å². The lowest BCUT2D eigenvalue weighted by molar-refractivity contribution is -0.139. The number of nitrogens with two attached hydrogens (primary N) is 1. The van der Waals surface area contributed by atoms with Gasteiger partial charge >= 0.3 is 5.97 Å². The molecular formula is C5H11NO2. The molecule has 0 aliphatic carbocycles. The van der Waals surface area contributed by atoms with E-state index in [1.807, 2.05) is 0 Å². The zero-order valence-electron chi connectivity index (χ0n) is 5.79. The minimum Gasteiger partial charge on any atom is -0.480 e. The fourth-order valence-corrected chi connectivity index (χ4v) is 0.243. The van der Waals surface area contributed by atoms with Crippen molar-refractivity contribution in [1.29, 1.82) is 0 Å². The van der Waals surface area contributed by atoms with E-state index in [1.54, 1.807) is 6.92 Å². The van der Waals surface area contributed by atoms with Crippen molar-refractivity contribution in [2.75, 3.05) is 0 Å². The largest absolute Gasteiger partial charge is 0.480 e. The maximum atomic E-state index is 10.1. The van der Waals surface area contributed by atoms with Gasteiger partial charge in [0.1, 0.15) is 6.04 Å². The van der Waals surface area contributed by atoms with Gasteiger partial charge in [-0.3, -0.25) is 4.79 Å². The summed E-state index contributed by atoms with van der Waals surface area (Å²) >= 11 is 0. The Bertz CT molecular complexity index is 107. The summed E-state index contributed by atoms with van der Waals surface area (Å²) in [5.74, 6) is -1.29. The predicted molar refractivity (Wildman–Crippen MR) is 30.4 cm³/mol. The van der Waals surface area contributed by atoms with Crippen molar-refractivity contribution < 1.29 is 11.3 Å². The maximum absolute atomic E-state index is 10.1. The fourth-order valence-electron chi connectivity index (χ4n) is 0.243. The first kappa shape index (κ1) is 5.56. The quantitative estimate of drug-likeness (QED) is 0.538. The minimum absolute atomic E-state index is 0.0630. The van der Waals surface area contributed by atoms with Gasteiger partial charge in [-0.1, -0.05) is 13.8 Å². The molecule has 0 amide bonds. The van der Waals surface area contributed by atoms with E-state index in [-0.39, 0.29) is 12.8 Å². The molecular weight excluding hydrogens is 106 g/mol. The summed E-state index contributed by atoms with van der Waals surface area (Å²) in [4.78, 5) is 10.1. The first-order valence-corrected chi connectivity index (χ1v) is 2.37. The van der Waals surface area contributed by atoms with Gasteiger partial charge in [0.15, 0.2) is 0 Å². The van der Waals surface area contributed by atoms with Gasteiger partial charge in [0.25, 0.3) is 0 Å². The molecule has 0 radical (unpaired) electrons. The number of carbonyl (C=O) groups is 1. The number of hydrogen-bond acceptors (Lipinski definition) is 2. The first-order valence-electron chi connectivity index (χ1n) is 3.08. The SMILES string of the molecule is [2H]CC(C)[C@H](N)C(=O)O. The van der Waals surface area contributed by atoms with Crippen molar-refractivity contribution in [3.05, 3.63) is 0 Å². The van der Waals surface area contributed by atoms with Crippen molar-refractivity contribution in [2.24, 2.45) is 11.7 Å². The predicted octanol–water partition coefficient (Wildman–Crippen LogP) is 0.0543. The highest BCUT2D eigenvalue weighted by Crippen LogP contribution is 1.96. The molecule has 0 saturated heterocycles. The van der Waals surface area contributed by atoms with Crippen LogP contribution in [0.15, 0.2) is 0 Å². The number of hydrogen-bond donors (Lipinski definition) is 2. The van der Waals surface area contributed by atoms with Crippen LogP contribution in [0.3, 0.4) is 0 Å². The van der Waals surface area contributed by atoms with Crippen LogP contribution in [-0.4, -0.2) is 17.1 Å². The van der Waals surface area contributed by atoms with Gasteiger partial charge in [0.05, 0.1) is 0 Å². The lowest BCUT2D eigenvalue weighted by atomic mass is 10.1. The van der Waals surface area contributed by atoms with E-state index in [9.17, 15) is 4.79 Å². The summed E-state index contributed by atoms with van der Waals surface area (Å²) in [5.41, 5.74) is 5.15.